The molecule has 0 spiro atoms. The Morgan fingerprint density at radius 2 is 1.43 bits per heavy atom. The molecule has 0 atom stereocenters. The van der Waals surface area contributed by atoms with Crippen molar-refractivity contribution in [2.24, 2.45) is 0 Å². The minimum Gasteiger partial charge on any atom is -0.669 e. The van der Waals surface area contributed by atoms with Crippen molar-refractivity contribution in [1.82, 2.24) is 14.5 Å². The Hall–Kier alpha value is -5.01. The van der Waals surface area contributed by atoms with E-state index in [1.54, 1.807) is 42.4 Å². The number of pyridine rings is 1. The molecule has 4 aromatic carbocycles. The van der Waals surface area contributed by atoms with Crippen LogP contribution < -0.4 is 19.1 Å². The third-order valence-corrected chi connectivity index (χ3v) is 6.76. The minimum absolute atomic E-state index is 0. The van der Waals surface area contributed by atoms with E-state index in [-0.39, 0.29) is 42.1 Å². The number of ether oxygens (including phenoxy) is 3. The molecule has 49 heavy (non-hydrogen) atoms. The standard InChI is InChI=1S/C34H23N3O3.C6H4N.2Pt/c1-36-17-18-37(24-36)28-9-5-13-32(22-28)39-31-12-4-8-27(20-31)34-21-26(15-16-35-34)25-7-3-11-30(19-25)40-33-14-6-10-29(23-33)38-2;1-2-7-5-3-4-6-7;;/h3-13,16-18,21,23-24H,1-2H3;3-6H;;/q-6;-1;;+4. The van der Waals surface area contributed by atoms with Crippen LogP contribution in [0.15, 0.2) is 122 Å². The molecule has 0 unspecified atom stereocenters. The summed E-state index contributed by atoms with van der Waals surface area (Å²) >= 11 is 0. The van der Waals surface area contributed by atoms with Crippen molar-refractivity contribution < 1.29 is 56.3 Å². The molecule has 0 aliphatic carbocycles. The molecule has 0 fully saturated rings. The van der Waals surface area contributed by atoms with Crippen LogP contribution in [0, 0.1) is 49.5 Å². The average Bonchev–Trinajstić information content (AvgIpc) is 3.81. The van der Waals surface area contributed by atoms with Gasteiger partial charge in [0.1, 0.15) is 0 Å². The summed E-state index contributed by atoms with van der Waals surface area (Å²) in [6.07, 6.45) is 15.7. The Labute approximate surface area is 316 Å². The molecule has 9 heteroatoms. The Kier molecular flexibility index (Phi) is 13.5. The molecular formula is C40H27N4O3Pt2-3. The first kappa shape index (κ1) is 36.8. The Balaban J connectivity index is 0.000000537. The predicted octanol–water partition coefficient (Wildman–Crippen LogP) is 8.23. The summed E-state index contributed by atoms with van der Waals surface area (Å²) in [7, 11) is 3.59. The number of nitrogens with zero attached hydrogens (tertiary/aromatic N) is 4. The zero-order valence-electron chi connectivity index (χ0n) is 26.3. The number of hydrogen-bond donors (Lipinski definition) is 0. The number of hydrogen-bond acceptors (Lipinski definition) is 6. The van der Waals surface area contributed by atoms with Gasteiger partial charge in [-0.25, -0.2) is 24.2 Å². The second-order valence-corrected chi connectivity index (χ2v) is 10.1. The first-order valence-electron chi connectivity index (χ1n) is 14.5. The van der Waals surface area contributed by atoms with Crippen molar-refractivity contribution in [3.8, 4) is 57.2 Å². The van der Waals surface area contributed by atoms with Crippen LogP contribution in [0.25, 0.3) is 22.4 Å². The number of aromatic nitrogens is 2. The molecule has 6 aromatic rings. The summed E-state index contributed by atoms with van der Waals surface area (Å²) in [6, 6.07) is 46.6. The van der Waals surface area contributed by atoms with E-state index in [2.05, 4.69) is 41.4 Å². The molecule has 248 valence electrons. The summed E-state index contributed by atoms with van der Waals surface area (Å²) in [6.45, 7) is 1.97. The van der Waals surface area contributed by atoms with Gasteiger partial charge in [0.15, 0.2) is 0 Å². The van der Waals surface area contributed by atoms with Gasteiger partial charge in [0, 0.05) is 62.2 Å². The fourth-order valence-electron chi connectivity index (χ4n) is 4.51. The van der Waals surface area contributed by atoms with E-state index in [4.69, 9.17) is 20.6 Å². The van der Waals surface area contributed by atoms with Crippen molar-refractivity contribution in [3.05, 3.63) is 165 Å². The first-order chi connectivity index (χ1) is 23.1. The van der Waals surface area contributed by atoms with Crippen LogP contribution in [0.4, 0.5) is 5.69 Å². The van der Waals surface area contributed by atoms with Crippen LogP contribution >= 0.6 is 0 Å². The molecule has 2 aromatic heterocycles. The molecule has 0 N–H and O–H groups in total. The maximum Gasteiger partial charge on any atom is 4.00 e. The Morgan fingerprint density at radius 1 is 0.755 bits per heavy atom. The van der Waals surface area contributed by atoms with E-state index in [1.165, 1.54) is 0 Å². The van der Waals surface area contributed by atoms with Gasteiger partial charge in [-0.1, -0.05) is 24.0 Å². The SMILES string of the molecule is COc1cc[c-]c(Oc2[c-]c(-c3[c-]cnc(-c4[c-]c(Oc5[c-]c(N6C=CN(C)[CH-]6)ccc5)ccc4)c3)ccc2)c1.[C-]#Cn1cccc1.[Pt+4].[Pt]. The van der Waals surface area contributed by atoms with Gasteiger partial charge in [-0.2, -0.15) is 30.9 Å². The van der Waals surface area contributed by atoms with Crippen molar-refractivity contribution in [2.75, 3.05) is 19.1 Å². The monoisotopic (exact) mass is 1000 g/mol. The number of rotatable bonds is 8. The largest absolute Gasteiger partial charge is 4.00 e. The van der Waals surface area contributed by atoms with Gasteiger partial charge in [-0.3, -0.25) is 11.1 Å². The number of methoxy groups -OCH3 is 1. The van der Waals surface area contributed by atoms with Crippen molar-refractivity contribution in [2.45, 2.75) is 0 Å². The molecule has 0 radical (unpaired) electrons. The van der Waals surface area contributed by atoms with Crippen molar-refractivity contribution in [3.63, 3.8) is 0 Å². The van der Waals surface area contributed by atoms with Gasteiger partial charge in [-0.15, -0.1) is 65.8 Å². The van der Waals surface area contributed by atoms with Gasteiger partial charge in [0.25, 0.3) is 0 Å². The molecule has 0 saturated carbocycles. The summed E-state index contributed by atoms with van der Waals surface area (Å²) < 4.78 is 18.9. The first-order valence-corrected chi connectivity index (χ1v) is 14.5. The molecule has 1 aliphatic heterocycles. The zero-order chi connectivity index (χ0) is 32.4. The minimum atomic E-state index is 0. The van der Waals surface area contributed by atoms with E-state index in [1.807, 2.05) is 115 Å². The fraction of sp³-hybridized carbons (Fsp3) is 0.0500. The third kappa shape index (κ3) is 10.00. The second-order valence-electron chi connectivity index (χ2n) is 10.1. The van der Waals surface area contributed by atoms with E-state index in [0.29, 0.717) is 28.7 Å². The maximum absolute atomic E-state index is 6.57. The summed E-state index contributed by atoms with van der Waals surface area (Å²) in [4.78, 5) is 8.48. The van der Waals surface area contributed by atoms with Gasteiger partial charge in [0.05, 0.1) is 7.11 Å². The van der Waals surface area contributed by atoms with Crippen molar-refractivity contribution in [1.29, 1.82) is 0 Å². The molecule has 7 rings (SSSR count). The number of anilines is 1. The smallest absolute Gasteiger partial charge is 0.669 e. The molecule has 1 aliphatic rings. The van der Waals surface area contributed by atoms with E-state index in [9.17, 15) is 0 Å². The summed E-state index contributed by atoms with van der Waals surface area (Å²) in [5.41, 5.74) is 4.05. The topological polar surface area (TPSA) is 52.0 Å². The molecular weight excluding hydrogens is 975 g/mol. The van der Waals surface area contributed by atoms with Crippen LogP contribution in [0.5, 0.6) is 28.7 Å². The van der Waals surface area contributed by atoms with E-state index >= 15 is 0 Å². The molecule has 0 amide bonds. The quantitative estimate of drug-likeness (QED) is 0.113. The zero-order valence-corrected chi connectivity index (χ0v) is 30.8. The predicted molar refractivity (Wildman–Crippen MR) is 180 cm³/mol. The van der Waals surface area contributed by atoms with Gasteiger partial charge < -0.3 is 40.0 Å². The Morgan fingerprint density at radius 3 is 2.10 bits per heavy atom. The molecule has 0 saturated heterocycles. The van der Waals surface area contributed by atoms with Crippen LogP contribution in [0.3, 0.4) is 0 Å². The Bertz CT molecular complexity index is 2020. The second kappa shape index (κ2) is 17.9. The van der Waals surface area contributed by atoms with Gasteiger partial charge in [-0.05, 0) is 31.6 Å². The van der Waals surface area contributed by atoms with Gasteiger partial charge in [0.2, 0.25) is 0 Å². The summed E-state index contributed by atoms with van der Waals surface area (Å²) in [5, 5.41) is 0. The number of benzene rings is 4. The van der Waals surface area contributed by atoms with Crippen LogP contribution in [0.1, 0.15) is 0 Å². The molecule has 3 heterocycles. The molecule has 0 bridgehead atoms. The van der Waals surface area contributed by atoms with E-state index < -0.39 is 0 Å². The average molecular weight is 1000 g/mol. The van der Waals surface area contributed by atoms with Gasteiger partial charge >= 0.3 is 21.1 Å². The third-order valence-electron chi connectivity index (χ3n) is 6.76. The normalized spacial score (nSPS) is 11.3. The van der Waals surface area contributed by atoms with Crippen LogP contribution in [0.2, 0.25) is 0 Å². The molecule has 7 nitrogen and oxygen atoms in total. The fourth-order valence-corrected chi connectivity index (χ4v) is 4.51. The van der Waals surface area contributed by atoms with Crippen LogP contribution in [-0.2, 0) is 42.1 Å². The summed E-state index contributed by atoms with van der Waals surface area (Å²) in [5.74, 6) is 2.96. The van der Waals surface area contributed by atoms with Crippen molar-refractivity contribution >= 4 is 5.69 Å². The van der Waals surface area contributed by atoms with Crippen LogP contribution in [-0.4, -0.2) is 28.6 Å². The van der Waals surface area contributed by atoms with E-state index in [0.717, 1.165) is 28.1 Å². The maximum atomic E-state index is 6.57.